The molecule has 1 amide bonds. The number of nitrogens with one attached hydrogen (secondary N) is 1. The highest BCUT2D eigenvalue weighted by atomic mass is 35.5. The molecule has 0 unspecified atom stereocenters. The van der Waals surface area contributed by atoms with Crippen molar-refractivity contribution in [1.82, 2.24) is 15.1 Å². The van der Waals surface area contributed by atoms with E-state index in [2.05, 4.69) is 10.2 Å². The topological polar surface area (TPSA) is 35.6 Å². The largest absolute Gasteiger partial charge is 0.334 e. The first-order valence-electron chi connectivity index (χ1n) is 7.69. The summed E-state index contributed by atoms with van der Waals surface area (Å²) < 4.78 is 0. The van der Waals surface area contributed by atoms with Crippen molar-refractivity contribution < 1.29 is 4.79 Å². The number of carbonyl (C=O) groups is 1. The van der Waals surface area contributed by atoms with Gasteiger partial charge in [0.25, 0.3) is 0 Å². The van der Waals surface area contributed by atoms with Crippen LogP contribution in [0.25, 0.3) is 0 Å². The Labute approximate surface area is 131 Å². The molecule has 0 spiro atoms. The van der Waals surface area contributed by atoms with Crippen LogP contribution in [-0.4, -0.2) is 54.5 Å². The minimum absolute atomic E-state index is 0.259. The Balaban J connectivity index is 1.60. The van der Waals surface area contributed by atoms with Crippen LogP contribution in [0.15, 0.2) is 24.3 Å². The summed E-state index contributed by atoms with van der Waals surface area (Å²) in [4.78, 5) is 16.9. The lowest BCUT2D eigenvalue weighted by Gasteiger charge is -2.30. The smallest absolute Gasteiger partial charge is 0.237 e. The zero-order chi connectivity index (χ0) is 14.7. The van der Waals surface area contributed by atoms with Gasteiger partial charge in [-0.05, 0) is 30.5 Å². The molecule has 0 aromatic heterocycles. The van der Waals surface area contributed by atoms with E-state index in [1.54, 1.807) is 0 Å². The molecular formula is C16H22ClN3O. The summed E-state index contributed by atoms with van der Waals surface area (Å²) >= 11 is 5.92. The van der Waals surface area contributed by atoms with E-state index in [1.165, 1.54) is 0 Å². The van der Waals surface area contributed by atoms with Crippen LogP contribution < -0.4 is 5.32 Å². The van der Waals surface area contributed by atoms with Gasteiger partial charge in [0.05, 0.1) is 6.54 Å². The maximum atomic E-state index is 12.6. The molecule has 5 heteroatoms. The first-order valence-corrected chi connectivity index (χ1v) is 8.07. The summed E-state index contributed by atoms with van der Waals surface area (Å²) in [7, 11) is 0. The van der Waals surface area contributed by atoms with Crippen molar-refractivity contribution in [2.75, 3.05) is 32.7 Å². The van der Waals surface area contributed by atoms with Gasteiger partial charge < -0.3 is 10.2 Å². The minimum atomic E-state index is 0.259. The van der Waals surface area contributed by atoms with E-state index in [4.69, 9.17) is 11.6 Å². The number of benzene rings is 1. The van der Waals surface area contributed by atoms with Crippen LogP contribution in [0.4, 0.5) is 0 Å². The van der Waals surface area contributed by atoms with Gasteiger partial charge in [0.2, 0.25) is 5.91 Å². The van der Waals surface area contributed by atoms with Crippen LogP contribution in [0, 0.1) is 0 Å². The molecule has 1 aliphatic heterocycles. The molecule has 2 fully saturated rings. The van der Waals surface area contributed by atoms with E-state index in [1.807, 2.05) is 29.2 Å². The molecule has 0 atom stereocenters. The number of piperazine rings is 1. The summed E-state index contributed by atoms with van der Waals surface area (Å²) in [5, 5.41) is 4.06. The van der Waals surface area contributed by atoms with Gasteiger partial charge in [0.1, 0.15) is 0 Å². The number of halogens is 1. The molecule has 1 saturated heterocycles. The van der Waals surface area contributed by atoms with E-state index < -0.39 is 0 Å². The van der Waals surface area contributed by atoms with E-state index in [0.717, 1.165) is 49.6 Å². The normalized spacial score (nSPS) is 19.5. The molecule has 1 aliphatic carbocycles. The standard InChI is InChI=1S/C16H22ClN3O/c17-14-3-1-13(2-4-14)11-20(15-5-6-15)16(21)12-19-9-7-18-8-10-19/h1-4,15,18H,5-12H2. The zero-order valence-corrected chi connectivity index (χ0v) is 13.0. The highest BCUT2D eigenvalue weighted by Crippen LogP contribution is 2.28. The molecule has 114 valence electrons. The van der Waals surface area contributed by atoms with E-state index in [9.17, 15) is 4.79 Å². The third-order valence-electron chi connectivity index (χ3n) is 4.14. The van der Waals surface area contributed by atoms with Gasteiger partial charge in [-0.3, -0.25) is 9.69 Å². The maximum absolute atomic E-state index is 12.6. The van der Waals surface area contributed by atoms with Crippen molar-refractivity contribution in [3.8, 4) is 0 Å². The van der Waals surface area contributed by atoms with Gasteiger partial charge in [0.15, 0.2) is 0 Å². The van der Waals surface area contributed by atoms with E-state index >= 15 is 0 Å². The minimum Gasteiger partial charge on any atom is -0.334 e. The van der Waals surface area contributed by atoms with Crippen molar-refractivity contribution in [2.45, 2.75) is 25.4 Å². The molecular weight excluding hydrogens is 286 g/mol. The average Bonchev–Trinajstić information content (AvgIpc) is 3.32. The van der Waals surface area contributed by atoms with Gasteiger partial charge in [-0.2, -0.15) is 0 Å². The van der Waals surface area contributed by atoms with E-state index in [0.29, 0.717) is 19.1 Å². The van der Waals surface area contributed by atoms with Crippen molar-refractivity contribution in [3.63, 3.8) is 0 Å². The van der Waals surface area contributed by atoms with Gasteiger partial charge in [-0.25, -0.2) is 0 Å². The van der Waals surface area contributed by atoms with Crippen LogP contribution in [0.3, 0.4) is 0 Å². The third kappa shape index (κ3) is 4.19. The SMILES string of the molecule is O=C(CN1CCNCC1)N(Cc1ccc(Cl)cc1)C1CC1. The number of hydrogen-bond donors (Lipinski definition) is 1. The monoisotopic (exact) mass is 307 g/mol. The quantitative estimate of drug-likeness (QED) is 0.900. The Morgan fingerprint density at radius 1 is 1.24 bits per heavy atom. The van der Waals surface area contributed by atoms with Crippen molar-refractivity contribution >= 4 is 17.5 Å². The molecule has 4 nitrogen and oxygen atoms in total. The predicted octanol–water partition coefficient (Wildman–Crippen LogP) is 1.74. The Kier molecular flexibility index (Phi) is 4.78. The molecule has 1 heterocycles. The second-order valence-corrected chi connectivity index (χ2v) is 6.34. The van der Waals surface area contributed by atoms with Crippen LogP contribution in [0.2, 0.25) is 5.02 Å². The van der Waals surface area contributed by atoms with Gasteiger partial charge >= 0.3 is 0 Å². The van der Waals surface area contributed by atoms with Gasteiger partial charge in [0, 0.05) is 43.8 Å². The molecule has 0 bridgehead atoms. The van der Waals surface area contributed by atoms with E-state index in [-0.39, 0.29) is 5.91 Å². The molecule has 1 aromatic rings. The second-order valence-electron chi connectivity index (χ2n) is 5.91. The van der Waals surface area contributed by atoms with Crippen LogP contribution in [0.1, 0.15) is 18.4 Å². The fourth-order valence-corrected chi connectivity index (χ4v) is 2.87. The maximum Gasteiger partial charge on any atom is 0.237 e. The lowest BCUT2D eigenvalue weighted by atomic mass is 10.2. The molecule has 21 heavy (non-hydrogen) atoms. The number of amides is 1. The highest BCUT2D eigenvalue weighted by Gasteiger charge is 2.33. The Morgan fingerprint density at radius 3 is 2.52 bits per heavy atom. The summed E-state index contributed by atoms with van der Waals surface area (Å²) in [5.74, 6) is 0.259. The molecule has 0 radical (unpaired) electrons. The average molecular weight is 308 g/mol. The van der Waals surface area contributed by atoms with Crippen LogP contribution in [-0.2, 0) is 11.3 Å². The van der Waals surface area contributed by atoms with Gasteiger partial charge in [-0.1, -0.05) is 23.7 Å². The predicted molar refractivity (Wildman–Crippen MR) is 84.3 cm³/mol. The molecule has 2 aliphatic rings. The fourth-order valence-electron chi connectivity index (χ4n) is 2.75. The summed E-state index contributed by atoms with van der Waals surface area (Å²) in [6.07, 6.45) is 2.28. The second kappa shape index (κ2) is 6.77. The highest BCUT2D eigenvalue weighted by molar-refractivity contribution is 6.30. The molecule has 3 rings (SSSR count). The molecule has 1 N–H and O–H groups in total. The zero-order valence-electron chi connectivity index (χ0n) is 12.2. The number of nitrogens with zero attached hydrogens (tertiary/aromatic N) is 2. The van der Waals surface area contributed by atoms with Crippen LogP contribution in [0.5, 0.6) is 0 Å². The number of hydrogen-bond acceptors (Lipinski definition) is 3. The fraction of sp³-hybridized carbons (Fsp3) is 0.562. The summed E-state index contributed by atoms with van der Waals surface area (Å²) in [6.45, 7) is 5.14. The number of rotatable bonds is 5. The Bertz CT molecular complexity index is 481. The number of carbonyl (C=O) groups excluding carboxylic acids is 1. The van der Waals surface area contributed by atoms with Crippen molar-refractivity contribution in [2.24, 2.45) is 0 Å². The summed E-state index contributed by atoms with van der Waals surface area (Å²) in [5.41, 5.74) is 1.15. The van der Waals surface area contributed by atoms with Crippen molar-refractivity contribution in [3.05, 3.63) is 34.9 Å². The third-order valence-corrected chi connectivity index (χ3v) is 4.39. The van der Waals surface area contributed by atoms with Crippen LogP contribution >= 0.6 is 11.6 Å². The Hall–Kier alpha value is -1.10. The lowest BCUT2D eigenvalue weighted by molar-refractivity contribution is -0.133. The molecule has 1 aromatic carbocycles. The first-order chi connectivity index (χ1) is 10.2. The Morgan fingerprint density at radius 2 is 1.90 bits per heavy atom. The molecule has 1 saturated carbocycles. The summed E-state index contributed by atoms with van der Waals surface area (Å²) in [6, 6.07) is 8.24. The lowest BCUT2D eigenvalue weighted by Crippen LogP contribution is -2.48. The van der Waals surface area contributed by atoms with Crippen molar-refractivity contribution in [1.29, 1.82) is 0 Å². The van der Waals surface area contributed by atoms with Gasteiger partial charge in [-0.15, -0.1) is 0 Å². The first kappa shape index (κ1) is 14.8.